The molecule has 1 aromatic carbocycles. The minimum absolute atomic E-state index is 0.0312. The van der Waals surface area contributed by atoms with E-state index in [2.05, 4.69) is 25.4 Å². The van der Waals surface area contributed by atoms with Crippen molar-refractivity contribution in [3.63, 3.8) is 0 Å². The van der Waals surface area contributed by atoms with Crippen molar-refractivity contribution in [3.8, 4) is 5.75 Å². The van der Waals surface area contributed by atoms with E-state index in [1.165, 1.54) is 36.0 Å². The topological polar surface area (TPSA) is 121 Å². The Morgan fingerprint density at radius 3 is 2.57 bits per heavy atom. The van der Waals surface area contributed by atoms with Gasteiger partial charge in [-0.15, -0.1) is 5.10 Å². The van der Waals surface area contributed by atoms with E-state index in [0.29, 0.717) is 19.0 Å². The van der Waals surface area contributed by atoms with E-state index in [1.54, 1.807) is 13.8 Å². The number of hydrogen-bond donors (Lipinski definition) is 2. The molecule has 1 aromatic heterocycles. The fourth-order valence-corrected chi connectivity index (χ4v) is 4.94. The first-order valence-corrected chi connectivity index (χ1v) is 11.5. The van der Waals surface area contributed by atoms with Gasteiger partial charge in [-0.05, 0) is 37.5 Å². The molecule has 2 N–H and O–H groups in total. The number of nitrogens with one attached hydrogen (secondary N) is 2. The second kappa shape index (κ2) is 9.43. The summed E-state index contributed by atoms with van der Waals surface area (Å²) in [5.41, 5.74) is 0.0988. The highest BCUT2D eigenvalue weighted by atomic mass is 32.2. The van der Waals surface area contributed by atoms with Gasteiger partial charge in [0.2, 0.25) is 21.9 Å². The largest absolute Gasteiger partial charge is 0.496 e. The van der Waals surface area contributed by atoms with E-state index < -0.39 is 15.9 Å². The smallest absolute Gasteiger partial charge is 0.261 e. The van der Waals surface area contributed by atoms with Crippen molar-refractivity contribution in [2.24, 2.45) is 0 Å². The summed E-state index contributed by atoms with van der Waals surface area (Å²) in [6.07, 6.45) is 3.36. The molecule has 10 nitrogen and oxygen atoms in total. The molecule has 2 heterocycles. The Bertz CT molecular complexity index is 981. The van der Waals surface area contributed by atoms with Gasteiger partial charge in [-0.2, -0.15) is 9.29 Å². The Hall–Kier alpha value is -2.66. The maximum absolute atomic E-state index is 12.9. The number of hydrogen-bond acceptors (Lipinski definition) is 7. The van der Waals surface area contributed by atoms with Gasteiger partial charge in [-0.3, -0.25) is 10.1 Å². The summed E-state index contributed by atoms with van der Waals surface area (Å²) in [5.74, 6) is 0.459. The fourth-order valence-electron chi connectivity index (χ4n) is 3.46. The first-order valence-electron chi connectivity index (χ1n) is 10.1. The Morgan fingerprint density at radius 1 is 1.23 bits per heavy atom. The third-order valence-corrected chi connectivity index (χ3v) is 7.15. The van der Waals surface area contributed by atoms with Crippen molar-refractivity contribution in [2.75, 3.05) is 43.5 Å². The van der Waals surface area contributed by atoms with E-state index in [1.807, 2.05) is 0 Å². The number of sulfonamides is 1. The fraction of sp³-hybridized carbons (Fsp3) is 0.526. The van der Waals surface area contributed by atoms with Gasteiger partial charge in [-0.25, -0.2) is 13.5 Å². The van der Waals surface area contributed by atoms with Crippen molar-refractivity contribution in [2.45, 2.75) is 38.0 Å². The molecule has 1 aliphatic rings. The number of benzene rings is 1. The van der Waals surface area contributed by atoms with Crippen LogP contribution in [0.2, 0.25) is 0 Å². The Labute approximate surface area is 176 Å². The number of carbonyl (C=O) groups excluding carboxylic acids is 1. The van der Waals surface area contributed by atoms with Crippen LogP contribution in [0.3, 0.4) is 0 Å². The number of H-pyrrole nitrogens is 1. The second-order valence-electron chi connectivity index (χ2n) is 6.94. The number of piperidine rings is 1. The van der Waals surface area contributed by atoms with Crippen molar-refractivity contribution in [1.82, 2.24) is 19.5 Å². The molecule has 1 aliphatic heterocycles. The van der Waals surface area contributed by atoms with Crippen LogP contribution in [-0.4, -0.2) is 67.1 Å². The molecule has 0 radical (unpaired) electrons. The highest BCUT2D eigenvalue weighted by molar-refractivity contribution is 7.89. The van der Waals surface area contributed by atoms with Gasteiger partial charge in [0.05, 0.1) is 17.6 Å². The first-order chi connectivity index (χ1) is 14.4. The minimum Gasteiger partial charge on any atom is -0.496 e. The summed E-state index contributed by atoms with van der Waals surface area (Å²) in [6, 6.07) is 4.24. The molecule has 1 fully saturated rings. The van der Waals surface area contributed by atoms with Crippen LogP contribution in [0, 0.1) is 0 Å². The number of carbonyl (C=O) groups is 1. The van der Waals surface area contributed by atoms with Crippen LogP contribution in [0.5, 0.6) is 5.75 Å². The SMILES string of the molecule is CCN(CC)S(=O)(=O)c1ccc(OC)c(C(=O)Nc2nc(N3CCCCC3)n[nH]2)c1. The molecule has 0 spiro atoms. The van der Waals surface area contributed by atoms with Crippen molar-refractivity contribution >= 4 is 27.8 Å². The van der Waals surface area contributed by atoms with Crippen LogP contribution in [0.1, 0.15) is 43.5 Å². The molecule has 30 heavy (non-hydrogen) atoms. The lowest BCUT2D eigenvalue weighted by molar-refractivity contribution is 0.102. The van der Waals surface area contributed by atoms with Gasteiger partial charge in [-0.1, -0.05) is 13.8 Å². The molecule has 1 amide bonds. The monoisotopic (exact) mass is 436 g/mol. The summed E-state index contributed by atoms with van der Waals surface area (Å²) in [6.45, 7) is 5.96. The molecular formula is C19H28N6O4S. The lowest BCUT2D eigenvalue weighted by atomic mass is 10.1. The van der Waals surface area contributed by atoms with E-state index in [0.717, 1.165) is 25.9 Å². The minimum atomic E-state index is -3.71. The highest BCUT2D eigenvalue weighted by Crippen LogP contribution is 2.25. The summed E-state index contributed by atoms with van der Waals surface area (Å²) in [7, 11) is -2.29. The zero-order valence-corrected chi connectivity index (χ0v) is 18.3. The molecule has 164 valence electrons. The number of rotatable bonds is 8. The lowest BCUT2D eigenvalue weighted by Gasteiger charge is -2.24. The second-order valence-corrected chi connectivity index (χ2v) is 8.88. The predicted octanol–water partition coefficient (Wildman–Crippen LogP) is 2.09. The van der Waals surface area contributed by atoms with E-state index in [9.17, 15) is 13.2 Å². The van der Waals surface area contributed by atoms with Crippen molar-refractivity contribution in [1.29, 1.82) is 0 Å². The summed E-state index contributed by atoms with van der Waals surface area (Å²) in [5, 5.41) is 9.54. The van der Waals surface area contributed by atoms with Crippen LogP contribution in [0.15, 0.2) is 23.1 Å². The molecule has 2 aromatic rings. The standard InChI is InChI=1S/C19H28N6O4S/c1-4-25(5-2)30(27,28)14-9-10-16(29-3)15(13-14)17(26)20-18-21-19(23-22-18)24-11-7-6-8-12-24/h9-10,13H,4-8,11-12H2,1-3H3,(H2,20,21,22,23,26). The Morgan fingerprint density at radius 2 is 1.93 bits per heavy atom. The number of methoxy groups -OCH3 is 1. The van der Waals surface area contributed by atoms with Crippen LogP contribution < -0.4 is 15.0 Å². The van der Waals surface area contributed by atoms with E-state index in [-0.39, 0.29) is 22.2 Å². The van der Waals surface area contributed by atoms with Gasteiger partial charge >= 0.3 is 0 Å². The molecular weight excluding hydrogens is 408 g/mol. The van der Waals surface area contributed by atoms with Gasteiger partial charge in [0.15, 0.2) is 0 Å². The van der Waals surface area contributed by atoms with Crippen LogP contribution in [-0.2, 0) is 10.0 Å². The number of anilines is 2. The highest BCUT2D eigenvalue weighted by Gasteiger charge is 2.25. The summed E-state index contributed by atoms with van der Waals surface area (Å²) >= 11 is 0. The van der Waals surface area contributed by atoms with Crippen LogP contribution >= 0.6 is 0 Å². The van der Waals surface area contributed by atoms with Gasteiger partial charge in [0.25, 0.3) is 5.91 Å². The molecule has 3 rings (SSSR count). The van der Waals surface area contributed by atoms with Gasteiger partial charge in [0.1, 0.15) is 5.75 Å². The molecule has 0 atom stereocenters. The average Bonchev–Trinajstić information content (AvgIpc) is 3.23. The normalized spacial score (nSPS) is 14.7. The quantitative estimate of drug-likeness (QED) is 0.650. The Kier molecular flexibility index (Phi) is 6.93. The lowest BCUT2D eigenvalue weighted by Crippen LogP contribution is -2.30. The zero-order chi connectivity index (χ0) is 21.7. The van der Waals surface area contributed by atoms with Crippen molar-refractivity contribution < 1.29 is 17.9 Å². The Balaban J connectivity index is 1.84. The van der Waals surface area contributed by atoms with Gasteiger partial charge < -0.3 is 9.64 Å². The van der Waals surface area contributed by atoms with E-state index in [4.69, 9.17) is 4.74 Å². The van der Waals surface area contributed by atoms with Crippen LogP contribution in [0.4, 0.5) is 11.9 Å². The number of amides is 1. The maximum atomic E-state index is 12.9. The third kappa shape index (κ3) is 4.57. The molecule has 0 saturated carbocycles. The molecule has 11 heteroatoms. The van der Waals surface area contributed by atoms with Crippen molar-refractivity contribution in [3.05, 3.63) is 23.8 Å². The van der Waals surface area contributed by atoms with Crippen LogP contribution in [0.25, 0.3) is 0 Å². The average molecular weight is 437 g/mol. The third-order valence-electron chi connectivity index (χ3n) is 5.10. The van der Waals surface area contributed by atoms with Gasteiger partial charge in [0, 0.05) is 26.2 Å². The first kappa shape index (κ1) is 22.0. The molecule has 0 bridgehead atoms. The predicted molar refractivity (Wildman–Crippen MR) is 114 cm³/mol. The number of nitrogens with zero attached hydrogens (tertiary/aromatic N) is 4. The maximum Gasteiger partial charge on any atom is 0.261 e. The molecule has 0 aliphatic carbocycles. The molecule has 0 unspecified atom stereocenters. The van der Waals surface area contributed by atoms with E-state index >= 15 is 0 Å². The number of aromatic nitrogens is 3. The number of aromatic amines is 1. The zero-order valence-electron chi connectivity index (χ0n) is 17.5. The number of ether oxygens (including phenoxy) is 1. The summed E-state index contributed by atoms with van der Waals surface area (Å²) in [4.78, 5) is 19.3. The summed E-state index contributed by atoms with van der Waals surface area (Å²) < 4.78 is 32.2. The molecule has 1 saturated heterocycles.